The molecule has 0 spiro atoms. The Bertz CT molecular complexity index is 614. The maximum absolute atomic E-state index is 8.39. The normalized spacial score (nSPS) is 9.91. The Morgan fingerprint density at radius 3 is 1.52 bits per heavy atom. The lowest BCUT2D eigenvalue weighted by Crippen LogP contribution is -2.21. The van der Waals surface area contributed by atoms with Crippen molar-refractivity contribution in [2.75, 3.05) is 37.0 Å². The van der Waals surface area contributed by atoms with Gasteiger partial charge in [-0.3, -0.25) is 5.41 Å². The third-order valence-corrected chi connectivity index (χ3v) is 3.96. The van der Waals surface area contributed by atoms with Crippen molar-refractivity contribution in [3.63, 3.8) is 0 Å². The number of hydrogen-bond donors (Lipinski definition) is 1. The Labute approximate surface area is 145 Å². The standard InChI is InChI=1S/C19H25N3.ClH/c1-5-22(6-2)18-13-9-16(10-14-18)19(20)15-7-11-17(12-8-15)21(3)4;/h7-14,20H,5-6H2,1-4H3;1H. The molecule has 0 atom stereocenters. The molecule has 0 aliphatic rings. The number of hydrogen-bond acceptors (Lipinski definition) is 3. The van der Waals surface area contributed by atoms with E-state index in [9.17, 15) is 0 Å². The van der Waals surface area contributed by atoms with Crippen LogP contribution in [-0.2, 0) is 0 Å². The number of halogens is 1. The molecule has 0 saturated carbocycles. The average Bonchev–Trinajstić information content (AvgIpc) is 2.56. The smallest absolute Gasteiger partial charge is 0.0684 e. The number of nitrogens with one attached hydrogen (secondary N) is 1. The summed E-state index contributed by atoms with van der Waals surface area (Å²) < 4.78 is 0. The van der Waals surface area contributed by atoms with Crippen molar-refractivity contribution < 1.29 is 0 Å². The van der Waals surface area contributed by atoms with Gasteiger partial charge < -0.3 is 9.80 Å². The fourth-order valence-electron chi connectivity index (χ4n) is 2.52. The summed E-state index contributed by atoms with van der Waals surface area (Å²) >= 11 is 0. The number of benzene rings is 2. The predicted molar refractivity (Wildman–Crippen MR) is 104 cm³/mol. The van der Waals surface area contributed by atoms with E-state index in [-0.39, 0.29) is 12.4 Å². The molecular weight excluding hydrogens is 306 g/mol. The summed E-state index contributed by atoms with van der Waals surface area (Å²) in [4.78, 5) is 4.37. The molecule has 0 aliphatic heterocycles. The summed E-state index contributed by atoms with van der Waals surface area (Å²) in [5.41, 5.74) is 4.82. The molecule has 4 heteroatoms. The molecular formula is C19H26ClN3. The van der Waals surface area contributed by atoms with Crippen LogP contribution in [0.25, 0.3) is 0 Å². The van der Waals surface area contributed by atoms with Gasteiger partial charge in [-0.25, -0.2) is 0 Å². The third-order valence-electron chi connectivity index (χ3n) is 3.96. The molecule has 3 nitrogen and oxygen atoms in total. The van der Waals surface area contributed by atoms with Crippen molar-refractivity contribution in [1.29, 1.82) is 5.41 Å². The van der Waals surface area contributed by atoms with Crippen molar-refractivity contribution in [3.05, 3.63) is 59.7 Å². The maximum Gasteiger partial charge on any atom is 0.0684 e. The lowest BCUT2D eigenvalue weighted by atomic mass is 10.0. The molecule has 0 saturated heterocycles. The molecule has 0 heterocycles. The third kappa shape index (κ3) is 4.49. The quantitative estimate of drug-likeness (QED) is 0.793. The lowest BCUT2D eigenvalue weighted by Gasteiger charge is -2.21. The minimum atomic E-state index is 0. The van der Waals surface area contributed by atoms with Gasteiger partial charge in [0, 0.05) is 49.7 Å². The van der Waals surface area contributed by atoms with Gasteiger partial charge in [-0.15, -0.1) is 12.4 Å². The average molecular weight is 332 g/mol. The van der Waals surface area contributed by atoms with Crippen LogP contribution in [0.2, 0.25) is 0 Å². The number of anilines is 2. The summed E-state index contributed by atoms with van der Waals surface area (Å²) in [7, 11) is 4.04. The summed E-state index contributed by atoms with van der Waals surface area (Å²) in [6.07, 6.45) is 0. The van der Waals surface area contributed by atoms with Gasteiger partial charge in [0.05, 0.1) is 5.71 Å². The number of nitrogens with zero attached hydrogens (tertiary/aromatic N) is 2. The first-order chi connectivity index (χ1) is 10.6. The molecule has 1 N–H and O–H groups in total. The predicted octanol–water partition coefficient (Wildman–Crippen LogP) is 4.44. The van der Waals surface area contributed by atoms with Crippen LogP contribution >= 0.6 is 12.4 Å². The molecule has 0 fully saturated rings. The zero-order valence-electron chi connectivity index (χ0n) is 14.3. The Balaban J connectivity index is 0.00000264. The van der Waals surface area contributed by atoms with E-state index in [2.05, 4.69) is 35.8 Å². The van der Waals surface area contributed by atoms with Crippen LogP contribution in [-0.4, -0.2) is 32.9 Å². The fourth-order valence-corrected chi connectivity index (χ4v) is 2.52. The molecule has 2 rings (SSSR count). The molecule has 124 valence electrons. The monoisotopic (exact) mass is 331 g/mol. The minimum absolute atomic E-state index is 0. The van der Waals surface area contributed by atoms with Crippen LogP contribution in [0, 0.1) is 5.41 Å². The van der Waals surface area contributed by atoms with Crippen LogP contribution in [0.1, 0.15) is 25.0 Å². The van der Waals surface area contributed by atoms with Crippen LogP contribution < -0.4 is 9.80 Å². The molecule has 0 aromatic heterocycles. The van der Waals surface area contributed by atoms with Gasteiger partial charge in [0.25, 0.3) is 0 Å². The molecule has 0 aliphatic carbocycles. The summed E-state index contributed by atoms with van der Waals surface area (Å²) in [6, 6.07) is 16.4. The van der Waals surface area contributed by atoms with E-state index in [0.29, 0.717) is 5.71 Å². The Kier molecular flexibility index (Phi) is 7.11. The van der Waals surface area contributed by atoms with Gasteiger partial charge in [0.2, 0.25) is 0 Å². The second kappa shape index (κ2) is 8.59. The van der Waals surface area contributed by atoms with Crippen molar-refractivity contribution >= 4 is 29.5 Å². The molecule has 0 unspecified atom stereocenters. The Morgan fingerprint density at radius 1 is 0.783 bits per heavy atom. The first-order valence-electron chi connectivity index (χ1n) is 7.78. The highest BCUT2D eigenvalue weighted by Gasteiger charge is 2.07. The lowest BCUT2D eigenvalue weighted by molar-refractivity contribution is 0.866. The van der Waals surface area contributed by atoms with Crippen molar-refractivity contribution in [2.45, 2.75) is 13.8 Å². The van der Waals surface area contributed by atoms with Crippen molar-refractivity contribution in [3.8, 4) is 0 Å². The van der Waals surface area contributed by atoms with Gasteiger partial charge in [-0.1, -0.05) is 24.3 Å². The van der Waals surface area contributed by atoms with Gasteiger partial charge in [-0.05, 0) is 38.1 Å². The fraction of sp³-hybridized carbons (Fsp3) is 0.316. The summed E-state index contributed by atoms with van der Waals surface area (Å²) in [6.45, 7) is 6.32. The zero-order chi connectivity index (χ0) is 16.1. The SMILES string of the molecule is CCN(CC)c1ccc(C(=N)c2ccc(N(C)C)cc2)cc1.Cl. The molecule has 0 bridgehead atoms. The van der Waals surface area contributed by atoms with Gasteiger partial charge in [-0.2, -0.15) is 0 Å². The van der Waals surface area contributed by atoms with Crippen LogP contribution in [0.3, 0.4) is 0 Å². The molecule has 2 aromatic carbocycles. The first-order valence-corrected chi connectivity index (χ1v) is 7.78. The highest BCUT2D eigenvalue weighted by Crippen LogP contribution is 2.19. The first kappa shape index (κ1) is 19.0. The Hall–Kier alpha value is -2.00. The zero-order valence-corrected chi connectivity index (χ0v) is 15.2. The minimum Gasteiger partial charge on any atom is -0.378 e. The molecule has 0 amide bonds. The van der Waals surface area contributed by atoms with Gasteiger partial charge in [0.15, 0.2) is 0 Å². The maximum atomic E-state index is 8.39. The van der Waals surface area contributed by atoms with Crippen molar-refractivity contribution in [2.24, 2.45) is 0 Å². The van der Waals surface area contributed by atoms with E-state index in [1.54, 1.807) is 0 Å². The summed E-state index contributed by atoms with van der Waals surface area (Å²) in [5.74, 6) is 0. The van der Waals surface area contributed by atoms with E-state index in [4.69, 9.17) is 5.41 Å². The van der Waals surface area contributed by atoms with Gasteiger partial charge in [0.1, 0.15) is 0 Å². The largest absolute Gasteiger partial charge is 0.378 e. The second-order valence-electron chi connectivity index (χ2n) is 5.54. The van der Waals surface area contributed by atoms with E-state index in [1.807, 2.05) is 50.5 Å². The topological polar surface area (TPSA) is 30.3 Å². The van der Waals surface area contributed by atoms with Crippen LogP contribution in [0.15, 0.2) is 48.5 Å². The van der Waals surface area contributed by atoms with Gasteiger partial charge >= 0.3 is 0 Å². The number of rotatable bonds is 6. The van der Waals surface area contributed by atoms with E-state index >= 15 is 0 Å². The molecule has 23 heavy (non-hydrogen) atoms. The highest BCUT2D eigenvalue weighted by molar-refractivity contribution is 6.11. The van der Waals surface area contributed by atoms with Crippen molar-refractivity contribution in [1.82, 2.24) is 0 Å². The second-order valence-corrected chi connectivity index (χ2v) is 5.54. The summed E-state index contributed by atoms with van der Waals surface area (Å²) in [5, 5.41) is 8.39. The van der Waals surface area contributed by atoms with Crippen LogP contribution in [0.5, 0.6) is 0 Å². The molecule has 0 radical (unpaired) electrons. The van der Waals surface area contributed by atoms with Crippen LogP contribution in [0.4, 0.5) is 11.4 Å². The van der Waals surface area contributed by atoms with E-state index < -0.39 is 0 Å². The Morgan fingerprint density at radius 2 is 1.17 bits per heavy atom. The highest BCUT2D eigenvalue weighted by atomic mass is 35.5. The molecule has 2 aromatic rings. The van der Waals surface area contributed by atoms with E-state index in [0.717, 1.165) is 29.9 Å². The van der Waals surface area contributed by atoms with E-state index in [1.165, 1.54) is 5.69 Å².